The van der Waals surface area contributed by atoms with Gasteiger partial charge >= 0.3 is 12.1 Å². The smallest absolute Gasteiger partial charge is 0.321 e. The van der Waals surface area contributed by atoms with Crippen molar-refractivity contribution in [1.29, 1.82) is 0 Å². The standard InChI is InChI=1S/C27H31F3N6O2/c1-26(10-12-31-13-11-26)36(14-3-2-4-15-36)24(37)18-35-17-19-16-20(8-9-21(19)34-35)32-25(38)22-6-5-7-23(33-22)27(28,29)30/h5-9,16-17,31H,2-4,10-15,18H2,1H3/p+1. The number of nitrogens with one attached hydrogen (secondary N) is 2. The maximum Gasteiger partial charge on any atom is 0.433 e. The number of quaternary nitrogens is 1. The van der Waals surface area contributed by atoms with Crippen molar-refractivity contribution < 1.29 is 27.2 Å². The molecule has 8 nitrogen and oxygen atoms in total. The Morgan fingerprint density at radius 3 is 2.55 bits per heavy atom. The third kappa shape index (κ3) is 5.04. The van der Waals surface area contributed by atoms with E-state index in [4.69, 9.17) is 0 Å². The van der Waals surface area contributed by atoms with Gasteiger partial charge in [-0.25, -0.2) is 9.78 Å². The molecule has 38 heavy (non-hydrogen) atoms. The van der Waals surface area contributed by atoms with Crippen LogP contribution in [0.1, 0.15) is 55.2 Å². The Hall–Kier alpha value is -3.31. The van der Waals surface area contributed by atoms with Crippen LogP contribution in [-0.4, -0.2) is 62.8 Å². The number of aromatic nitrogens is 3. The number of likely N-dealkylation sites (tertiary alicyclic amines) is 1. The van der Waals surface area contributed by atoms with E-state index in [1.807, 2.05) is 0 Å². The molecule has 2 fully saturated rings. The summed E-state index contributed by atoms with van der Waals surface area (Å²) in [6.45, 7) is 5.96. The molecule has 2 aliphatic heterocycles. The van der Waals surface area contributed by atoms with Gasteiger partial charge in [0.2, 0.25) is 0 Å². The summed E-state index contributed by atoms with van der Waals surface area (Å²) in [4.78, 5) is 29.9. The number of pyridine rings is 1. The Kier molecular flexibility index (Phi) is 6.99. The predicted octanol–water partition coefficient (Wildman–Crippen LogP) is 4.37. The summed E-state index contributed by atoms with van der Waals surface area (Å²) in [6.07, 6.45) is 2.29. The minimum absolute atomic E-state index is 0.0930. The normalized spacial score (nSPS) is 19.3. The largest absolute Gasteiger partial charge is 0.433 e. The Balaban J connectivity index is 1.34. The molecule has 4 heterocycles. The Morgan fingerprint density at radius 2 is 1.84 bits per heavy atom. The molecule has 2 aliphatic rings. The number of fused-ring (bicyclic) bond motifs is 1. The number of amides is 2. The van der Waals surface area contributed by atoms with E-state index in [1.54, 1.807) is 29.1 Å². The first-order chi connectivity index (χ1) is 18.1. The number of alkyl halides is 3. The second-order valence-corrected chi connectivity index (χ2v) is 10.6. The molecule has 3 aromatic rings. The lowest BCUT2D eigenvalue weighted by atomic mass is 9.83. The van der Waals surface area contributed by atoms with Gasteiger partial charge in [-0.15, -0.1) is 0 Å². The maximum absolute atomic E-state index is 13.9. The average molecular weight is 530 g/mol. The van der Waals surface area contributed by atoms with Gasteiger partial charge in [0.1, 0.15) is 16.9 Å². The van der Waals surface area contributed by atoms with Gasteiger partial charge in [0, 0.05) is 43.2 Å². The molecule has 0 unspecified atom stereocenters. The molecule has 5 rings (SSSR count). The number of hydrogen-bond donors (Lipinski definition) is 2. The van der Waals surface area contributed by atoms with E-state index >= 15 is 0 Å². The lowest BCUT2D eigenvalue weighted by molar-refractivity contribution is -0.911. The summed E-state index contributed by atoms with van der Waals surface area (Å²) in [6, 6.07) is 8.23. The van der Waals surface area contributed by atoms with Crippen LogP contribution in [0, 0.1) is 0 Å². The number of nitrogens with zero attached hydrogens (tertiary/aromatic N) is 4. The second kappa shape index (κ2) is 10.1. The van der Waals surface area contributed by atoms with E-state index in [0.717, 1.165) is 70.4 Å². The molecule has 2 saturated heterocycles. The van der Waals surface area contributed by atoms with Gasteiger partial charge in [-0.05, 0) is 56.5 Å². The summed E-state index contributed by atoms with van der Waals surface area (Å²) in [7, 11) is 0. The van der Waals surface area contributed by atoms with Gasteiger partial charge in [0.05, 0.1) is 18.6 Å². The van der Waals surface area contributed by atoms with E-state index in [-0.39, 0.29) is 23.7 Å². The SMILES string of the molecule is CC1([N+]2(C(=O)Cn3cc4cc(NC(=O)c5cccc(C(F)(F)F)n5)ccc4n3)CCCCC2)CCNCC1. The van der Waals surface area contributed by atoms with Crippen LogP contribution < -0.4 is 10.6 Å². The quantitative estimate of drug-likeness (QED) is 0.479. The number of piperidine rings is 2. The lowest BCUT2D eigenvalue weighted by Gasteiger charge is -2.53. The molecule has 0 aliphatic carbocycles. The highest BCUT2D eigenvalue weighted by molar-refractivity contribution is 6.03. The lowest BCUT2D eigenvalue weighted by Crippen LogP contribution is -2.70. The highest BCUT2D eigenvalue weighted by Crippen LogP contribution is 2.38. The van der Waals surface area contributed by atoms with E-state index < -0.39 is 17.8 Å². The van der Waals surface area contributed by atoms with Crippen molar-refractivity contribution in [2.45, 2.75) is 57.3 Å². The summed E-state index contributed by atoms with van der Waals surface area (Å²) >= 11 is 0. The molecule has 1 aromatic carbocycles. The number of hydrogen-bond acceptors (Lipinski definition) is 5. The first-order valence-electron chi connectivity index (χ1n) is 13.0. The maximum atomic E-state index is 13.9. The molecule has 0 spiro atoms. The van der Waals surface area contributed by atoms with Gasteiger partial charge in [0.15, 0.2) is 6.54 Å². The Morgan fingerprint density at radius 1 is 1.11 bits per heavy atom. The molecule has 2 aromatic heterocycles. The van der Waals surface area contributed by atoms with Gasteiger partial charge in [-0.2, -0.15) is 18.3 Å². The average Bonchev–Trinajstić information content (AvgIpc) is 3.30. The summed E-state index contributed by atoms with van der Waals surface area (Å²) in [5.74, 6) is -0.573. The third-order valence-electron chi connectivity index (χ3n) is 8.15. The minimum Gasteiger partial charge on any atom is -0.321 e. The molecule has 0 saturated carbocycles. The number of halogens is 3. The van der Waals surface area contributed by atoms with Crippen LogP contribution in [0.15, 0.2) is 42.6 Å². The fraction of sp³-hybridized carbons (Fsp3) is 0.481. The number of carbonyl (C=O) groups is 2. The number of anilines is 1. The highest BCUT2D eigenvalue weighted by atomic mass is 19.4. The van der Waals surface area contributed by atoms with Gasteiger partial charge in [0.25, 0.3) is 5.91 Å². The van der Waals surface area contributed by atoms with Crippen LogP contribution in [-0.2, 0) is 17.5 Å². The van der Waals surface area contributed by atoms with Crippen molar-refractivity contribution in [3.63, 3.8) is 0 Å². The first-order valence-corrected chi connectivity index (χ1v) is 13.0. The fourth-order valence-electron chi connectivity index (χ4n) is 5.96. The van der Waals surface area contributed by atoms with Crippen LogP contribution >= 0.6 is 0 Å². The van der Waals surface area contributed by atoms with E-state index in [2.05, 4.69) is 27.6 Å². The molecule has 11 heteroatoms. The zero-order valence-electron chi connectivity index (χ0n) is 21.4. The van der Waals surface area contributed by atoms with Crippen LogP contribution in [0.5, 0.6) is 0 Å². The van der Waals surface area contributed by atoms with Gasteiger partial charge < -0.3 is 10.6 Å². The van der Waals surface area contributed by atoms with Crippen molar-refractivity contribution in [2.75, 3.05) is 31.5 Å². The molecule has 2 amide bonds. The first kappa shape index (κ1) is 26.3. The molecule has 0 radical (unpaired) electrons. The van der Waals surface area contributed by atoms with Crippen molar-refractivity contribution in [3.8, 4) is 0 Å². The number of benzene rings is 1. The number of carbonyl (C=O) groups excluding carboxylic acids is 2. The summed E-state index contributed by atoms with van der Waals surface area (Å²) in [5, 5.41) is 11.3. The molecule has 0 atom stereocenters. The van der Waals surface area contributed by atoms with Crippen LogP contribution in [0.4, 0.5) is 18.9 Å². The van der Waals surface area contributed by atoms with Gasteiger partial charge in [-0.3, -0.25) is 14.0 Å². The monoisotopic (exact) mass is 529 g/mol. The van der Waals surface area contributed by atoms with Crippen LogP contribution in [0.2, 0.25) is 0 Å². The van der Waals surface area contributed by atoms with E-state index in [9.17, 15) is 22.8 Å². The number of rotatable bonds is 5. The molecular weight excluding hydrogens is 497 g/mol. The molecule has 2 N–H and O–H groups in total. The topological polar surface area (TPSA) is 88.9 Å². The van der Waals surface area contributed by atoms with E-state index in [0.29, 0.717) is 21.1 Å². The second-order valence-electron chi connectivity index (χ2n) is 10.6. The third-order valence-corrected chi connectivity index (χ3v) is 8.15. The Bertz CT molecular complexity index is 1340. The summed E-state index contributed by atoms with van der Waals surface area (Å²) in [5.41, 5.74) is -0.493. The Labute approximate surface area is 218 Å². The van der Waals surface area contributed by atoms with Crippen LogP contribution in [0.3, 0.4) is 0 Å². The minimum atomic E-state index is -4.64. The zero-order valence-corrected chi connectivity index (χ0v) is 21.4. The predicted molar refractivity (Wildman–Crippen MR) is 136 cm³/mol. The van der Waals surface area contributed by atoms with E-state index in [1.165, 1.54) is 6.07 Å². The van der Waals surface area contributed by atoms with Crippen molar-refractivity contribution in [2.24, 2.45) is 0 Å². The van der Waals surface area contributed by atoms with Crippen molar-refractivity contribution in [3.05, 3.63) is 54.0 Å². The molecule has 202 valence electrons. The highest BCUT2D eigenvalue weighted by Gasteiger charge is 2.53. The van der Waals surface area contributed by atoms with Crippen molar-refractivity contribution >= 4 is 28.4 Å². The molecule has 0 bridgehead atoms. The van der Waals surface area contributed by atoms with Crippen molar-refractivity contribution in [1.82, 2.24) is 20.1 Å². The van der Waals surface area contributed by atoms with Crippen LogP contribution in [0.25, 0.3) is 10.9 Å². The zero-order chi connectivity index (χ0) is 27.0. The van der Waals surface area contributed by atoms with Gasteiger partial charge in [-0.1, -0.05) is 6.07 Å². The fourth-order valence-corrected chi connectivity index (χ4v) is 5.96. The molecular formula is C27H32F3N6O2+. The summed E-state index contributed by atoms with van der Waals surface area (Å²) < 4.78 is 41.0.